The fourth-order valence-electron chi connectivity index (χ4n) is 2.87. The molecule has 0 bridgehead atoms. The molecule has 1 aliphatic rings. The summed E-state index contributed by atoms with van der Waals surface area (Å²) in [5.74, 6) is -0.0653. The molecule has 20 heavy (non-hydrogen) atoms. The van der Waals surface area contributed by atoms with Crippen molar-refractivity contribution in [1.82, 2.24) is 4.57 Å². The van der Waals surface area contributed by atoms with Gasteiger partial charge in [0.1, 0.15) is 0 Å². The second-order valence-corrected chi connectivity index (χ2v) is 5.12. The lowest BCUT2D eigenvalue weighted by atomic mass is 9.93. The average molecular weight is 263 g/mol. The van der Waals surface area contributed by atoms with Crippen LogP contribution in [0.5, 0.6) is 0 Å². The van der Waals surface area contributed by atoms with E-state index in [1.165, 1.54) is 11.1 Å². The van der Waals surface area contributed by atoms with Gasteiger partial charge in [-0.2, -0.15) is 0 Å². The maximum Gasteiger partial charge on any atom is 0.419 e. The van der Waals surface area contributed by atoms with Crippen molar-refractivity contribution in [1.29, 1.82) is 0 Å². The number of fused-ring (bicyclic) bond motifs is 2. The van der Waals surface area contributed by atoms with Crippen LogP contribution in [0.15, 0.2) is 57.8 Å². The highest BCUT2D eigenvalue weighted by Crippen LogP contribution is 2.37. The Kier molecular flexibility index (Phi) is 2.24. The zero-order valence-electron chi connectivity index (χ0n) is 11.0. The lowest BCUT2D eigenvalue weighted by molar-refractivity contribution is 0.528. The number of allylic oxidation sites excluding steroid dienone is 1. The molecule has 2 aromatic carbocycles. The van der Waals surface area contributed by atoms with Gasteiger partial charge in [0.2, 0.25) is 0 Å². The normalized spacial score (nSPS) is 16.8. The molecule has 0 fully saturated rings. The Labute approximate surface area is 115 Å². The molecular weight excluding hydrogens is 250 g/mol. The first-order valence-electron chi connectivity index (χ1n) is 6.60. The van der Waals surface area contributed by atoms with Crippen LogP contribution in [0.4, 0.5) is 0 Å². The topological polar surface area (TPSA) is 35.1 Å². The number of oxazole rings is 1. The van der Waals surface area contributed by atoms with Gasteiger partial charge >= 0.3 is 5.76 Å². The molecule has 98 valence electrons. The summed E-state index contributed by atoms with van der Waals surface area (Å²) in [5, 5.41) is 0. The highest BCUT2D eigenvalue weighted by Gasteiger charge is 2.21. The van der Waals surface area contributed by atoms with E-state index < -0.39 is 0 Å². The van der Waals surface area contributed by atoms with Crippen molar-refractivity contribution in [3.63, 3.8) is 0 Å². The number of hydrogen-bond donors (Lipinski definition) is 0. The van der Waals surface area contributed by atoms with Gasteiger partial charge in [-0.05, 0) is 28.8 Å². The maximum absolute atomic E-state index is 11.6. The van der Waals surface area contributed by atoms with Crippen LogP contribution in [0.3, 0.4) is 0 Å². The monoisotopic (exact) mass is 263 g/mol. The molecule has 0 N–H and O–H groups in total. The molecule has 0 saturated carbocycles. The summed E-state index contributed by atoms with van der Waals surface area (Å²) >= 11 is 0. The Balaban J connectivity index is 1.95. The molecule has 4 rings (SSSR count). The van der Waals surface area contributed by atoms with Crippen LogP contribution in [-0.4, -0.2) is 4.57 Å². The van der Waals surface area contributed by atoms with E-state index in [9.17, 15) is 4.79 Å². The lowest BCUT2D eigenvalue weighted by Crippen LogP contribution is -2.08. The zero-order chi connectivity index (χ0) is 13.7. The van der Waals surface area contributed by atoms with Gasteiger partial charge in [0.05, 0.1) is 5.52 Å². The molecule has 1 unspecified atom stereocenters. The fourth-order valence-corrected chi connectivity index (χ4v) is 2.87. The predicted octanol–water partition coefficient (Wildman–Crippen LogP) is 3.29. The van der Waals surface area contributed by atoms with Crippen molar-refractivity contribution in [3.05, 3.63) is 75.8 Å². The van der Waals surface area contributed by atoms with Gasteiger partial charge in [-0.25, -0.2) is 4.79 Å². The predicted molar refractivity (Wildman–Crippen MR) is 78.8 cm³/mol. The third kappa shape index (κ3) is 1.50. The third-order valence-electron chi connectivity index (χ3n) is 3.96. The van der Waals surface area contributed by atoms with Crippen molar-refractivity contribution >= 4 is 17.2 Å². The van der Waals surface area contributed by atoms with E-state index >= 15 is 0 Å². The first-order valence-corrected chi connectivity index (χ1v) is 6.60. The van der Waals surface area contributed by atoms with Crippen molar-refractivity contribution < 1.29 is 4.42 Å². The molecule has 0 aliphatic heterocycles. The van der Waals surface area contributed by atoms with Gasteiger partial charge in [-0.15, -0.1) is 0 Å². The Bertz CT molecular complexity index is 884. The minimum Gasteiger partial charge on any atom is -0.408 e. The third-order valence-corrected chi connectivity index (χ3v) is 3.96. The lowest BCUT2D eigenvalue weighted by Gasteiger charge is -2.11. The van der Waals surface area contributed by atoms with E-state index in [2.05, 4.69) is 30.4 Å². The standard InChI is InChI=1S/C17H13NO2/c1-18-15-10-14-12(9-16(15)20-17(18)19)7-8-13(14)11-5-3-2-4-6-11/h2-10,13H,1H3. The van der Waals surface area contributed by atoms with E-state index in [1.54, 1.807) is 11.6 Å². The van der Waals surface area contributed by atoms with Crippen molar-refractivity contribution in [2.75, 3.05) is 0 Å². The molecule has 0 amide bonds. The summed E-state index contributed by atoms with van der Waals surface area (Å²) < 4.78 is 6.79. The second-order valence-electron chi connectivity index (χ2n) is 5.12. The van der Waals surface area contributed by atoms with Gasteiger partial charge in [0.25, 0.3) is 0 Å². The minimum atomic E-state index is -0.316. The van der Waals surface area contributed by atoms with Crippen LogP contribution in [0.1, 0.15) is 22.6 Å². The number of hydrogen-bond acceptors (Lipinski definition) is 2. The molecule has 1 atom stereocenters. The molecule has 0 spiro atoms. The number of nitrogens with zero attached hydrogens (tertiary/aromatic N) is 1. The minimum absolute atomic E-state index is 0.251. The fraction of sp³-hybridized carbons (Fsp3) is 0.118. The molecule has 3 aromatic rings. The smallest absolute Gasteiger partial charge is 0.408 e. The van der Waals surface area contributed by atoms with Crippen LogP contribution in [-0.2, 0) is 7.05 Å². The molecular formula is C17H13NO2. The summed E-state index contributed by atoms with van der Waals surface area (Å²) in [4.78, 5) is 11.6. The zero-order valence-corrected chi connectivity index (χ0v) is 11.0. The molecule has 3 nitrogen and oxygen atoms in total. The van der Waals surface area contributed by atoms with Crippen LogP contribution >= 0.6 is 0 Å². The van der Waals surface area contributed by atoms with Crippen molar-refractivity contribution in [2.45, 2.75) is 5.92 Å². The Morgan fingerprint density at radius 2 is 1.95 bits per heavy atom. The molecule has 3 heteroatoms. The summed E-state index contributed by atoms with van der Waals surface area (Å²) in [5.41, 5.74) is 5.10. The first-order chi connectivity index (χ1) is 9.74. The van der Waals surface area contributed by atoms with Crippen molar-refractivity contribution in [3.8, 4) is 0 Å². The van der Waals surface area contributed by atoms with Gasteiger partial charge in [0.15, 0.2) is 5.58 Å². The highest BCUT2D eigenvalue weighted by atomic mass is 16.4. The van der Waals surface area contributed by atoms with Gasteiger partial charge in [-0.3, -0.25) is 4.57 Å². The molecule has 1 aliphatic carbocycles. The van der Waals surface area contributed by atoms with Gasteiger partial charge < -0.3 is 4.42 Å². The largest absolute Gasteiger partial charge is 0.419 e. The maximum atomic E-state index is 11.6. The summed E-state index contributed by atoms with van der Waals surface area (Å²) in [6.45, 7) is 0. The molecule has 0 radical (unpaired) electrons. The molecule has 1 heterocycles. The van der Waals surface area contributed by atoms with E-state index in [0.29, 0.717) is 5.58 Å². The van der Waals surface area contributed by atoms with Crippen LogP contribution < -0.4 is 5.76 Å². The Morgan fingerprint density at radius 3 is 2.75 bits per heavy atom. The second kappa shape index (κ2) is 3.97. The van der Waals surface area contributed by atoms with Gasteiger partial charge in [-0.1, -0.05) is 42.5 Å². The van der Waals surface area contributed by atoms with E-state index in [4.69, 9.17) is 4.42 Å². The number of aromatic nitrogens is 1. The summed E-state index contributed by atoms with van der Waals surface area (Å²) in [6.07, 6.45) is 4.29. The Morgan fingerprint density at radius 1 is 1.15 bits per heavy atom. The highest BCUT2D eigenvalue weighted by molar-refractivity contribution is 5.81. The molecule has 0 saturated heterocycles. The van der Waals surface area contributed by atoms with Crippen molar-refractivity contribution in [2.24, 2.45) is 7.05 Å². The number of rotatable bonds is 1. The van der Waals surface area contributed by atoms with Crippen LogP contribution in [0, 0.1) is 0 Å². The van der Waals surface area contributed by atoms with E-state index in [-0.39, 0.29) is 11.7 Å². The summed E-state index contributed by atoms with van der Waals surface area (Å²) in [7, 11) is 1.74. The van der Waals surface area contributed by atoms with Gasteiger partial charge in [0, 0.05) is 13.0 Å². The number of benzene rings is 2. The first kappa shape index (κ1) is 11.3. The molecule has 1 aromatic heterocycles. The quantitative estimate of drug-likeness (QED) is 0.675. The Hall–Kier alpha value is -2.55. The van der Waals surface area contributed by atoms with E-state index in [1.807, 2.05) is 24.3 Å². The van der Waals surface area contributed by atoms with Crippen LogP contribution in [0.25, 0.3) is 17.2 Å². The average Bonchev–Trinajstić information content (AvgIpc) is 3.00. The summed E-state index contributed by atoms with van der Waals surface area (Å²) in [6, 6.07) is 14.4. The SMILES string of the molecule is Cn1c(=O)oc2cc3c(cc21)C(c1ccccc1)C=C3. The number of aryl methyl sites for hydroxylation is 1. The van der Waals surface area contributed by atoms with E-state index in [0.717, 1.165) is 11.1 Å². The van der Waals surface area contributed by atoms with Crippen LogP contribution in [0.2, 0.25) is 0 Å².